The minimum atomic E-state index is -0.188. The summed E-state index contributed by atoms with van der Waals surface area (Å²) in [5, 5.41) is 9.38. The van der Waals surface area contributed by atoms with Gasteiger partial charge in [-0.2, -0.15) is 0 Å². The zero-order chi connectivity index (χ0) is 17.6. The molecule has 3 amide bonds. The molecule has 136 valence electrons. The largest absolute Gasteiger partial charge is 0.368 e. The Morgan fingerprint density at radius 3 is 2.64 bits per heavy atom. The molecule has 2 aliphatic rings. The number of para-hydroxylation sites is 1. The molecule has 1 aliphatic carbocycles. The second-order valence-electron chi connectivity index (χ2n) is 6.70. The Morgan fingerprint density at radius 2 is 1.88 bits per heavy atom. The van der Waals surface area contributed by atoms with E-state index in [1.165, 1.54) is 0 Å². The first-order valence-corrected chi connectivity index (χ1v) is 9.33. The van der Waals surface area contributed by atoms with Gasteiger partial charge in [0.05, 0.1) is 10.7 Å². The van der Waals surface area contributed by atoms with Gasteiger partial charge in [-0.15, -0.1) is 0 Å². The third-order valence-electron chi connectivity index (χ3n) is 4.61. The molecule has 3 N–H and O–H groups in total. The molecule has 1 unspecified atom stereocenters. The van der Waals surface area contributed by atoms with Crippen LogP contribution in [0.4, 0.5) is 10.5 Å². The van der Waals surface area contributed by atoms with Crippen LogP contribution in [0, 0.1) is 5.92 Å². The summed E-state index contributed by atoms with van der Waals surface area (Å²) in [6, 6.07) is 7.68. The molecule has 3 rings (SSSR count). The fourth-order valence-electron chi connectivity index (χ4n) is 3.11. The third-order valence-corrected chi connectivity index (χ3v) is 4.93. The van der Waals surface area contributed by atoms with E-state index in [4.69, 9.17) is 11.6 Å². The van der Waals surface area contributed by atoms with Gasteiger partial charge in [0.1, 0.15) is 0 Å². The number of hydrogen-bond donors (Lipinski definition) is 3. The molecule has 7 heteroatoms. The minimum Gasteiger partial charge on any atom is -0.368 e. The normalized spacial score (nSPS) is 20.0. The van der Waals surface area contributed by atoms with E-state index in [2.05, 4.69) is 20.9 Å². The Kier molecular flexibility index (Phi) is 6.02. The summed E-state index contributed by atoms with van der Waals surface area (Å²) >= 11 is 6.27. The Morgan fingerprint density at radius 1 is 1.12 bits per heavy atom. The van der Waals surface area contributed by atoms with Gasteiger partial charge in [-0.05, 0) is 37.8 Å². The average Bonchev–Trinajstić information content (AvgIpc) is 3.44. The molecule has 1 aromatic carbocycles. The Hall–Kier alpha value is -1.95. The summed E-state index contributed by atoms with van der Waals surface area (Å²) in [7, 11) is 0. The second kappa shape index (κ2) is 8.43. The number of amides is 3. The lowest BCUT2D eigenvalue weighted by molar-refractivity contribution is -0.122. The zero-order valence-electron chi connectivity index (χ0n) is 14.3. The summed E-state index contributed by atoms with van der Waals surface area (Å²) < 4.78 is 0. The predicted molar refractivity (Wildman–Crippen MR) is 99.0 cm³/mol. The Labute approximate surface area is 153 Å². The Bertz CT molecular complexity index is 621. The van der Waals surface area contributed by atoms with E-state index < -0.39 is 0 Å². The van der Waals surface area contributed by atoms with Crippen molar-refractivity contribution >= 4 is 29.2 Å². The lowest BCUT2D eigenvalue weighted by Crippen LogP contribution is -2.51. The van der Waals surface area contributed by atoms with Crippen molar-refractivity contribution < 1.29 is 9.59 Å². The molecule has 2 fully saturated rings. The number of nitrogens with one attached hydrogen (secondary N) is 3. The molecule has 0 radical (unpaired) electrons. The molecule has 1 aromatic rings. The number of piperidine rings is 1. The van der Waals surface area contributed by atoms with Gasteiger partial charge in [-0.25, -0.2) is 4.79 Å². The van der Waals surface area contributed by atoms with Crippen LogP contribution in [0.2, 0.25) is 5.02 Å². The molecule has 1 heterocycles. The van der Waals surface area contributed by atoms with Crippen molar-refractivity contribution in [1.82, 2.24) is 16.0 Å². The maximum Gasteiger partial charge on any atom is 0.315 e. The third kappa shape index (κ3) is 5.26. The van der Waals surface area contributed by atoms with Crippen LogP contribution < -0.4 is 20.9 Å². The highest BCUT2D eigenvalue weighted by molar-refractivity contribution is 6.33. The van der Waals surface area contributed by atoms with Crippen molar-refractivity contribution in [2.75, 3.05) is 31.1 Å². The van der Waals surface area contributed by atoms with Crippen molar-refractivity contribution in [1.29, 1.82) is 0 Å². The first kappa shape index (κ1) is 17.9. The highest BCUT2D eigenvalue weighted by Crippen LogP contribution is 2.28. The molecule has 1 saturated heterocycles. The molecule has 0 bridgehead atoms. The molecule has 1 atom stereocenters. The number of halogens is 1. The fourth-order valence-corrected chi connectivity index (χ4v) is 3.37. The molecule has 25 heavy (non-hydrogen) atoms. The summed E-state index contributed by atoms with van der Waals surface area (Å²) in [5.74, 6) is 0.303. The quantitative estimate of drug-likeness (QED) is 0.677. The van der Waals surface area contributed by atoms with E-state index in [9.17, 15) is 9.59 Å². The number of urea groups is 1. The molecule has 1 saturated carbocycles. The lowest BCUT2D eigenvalue weighted by atomic mass is 10.1. The maximum absolute atomic E-state index is 12.0. The number of anilines is 1. The van der Waals surface area contributed by atoms with Crippen LogP contribution in [-0.4, -0.2) is 44.2 Å². The SMILES string of the molecule is O=C(NCCNC(=O)C1CC1)NC1CCCN(c2ccccc2Cl)C1. The Balaban J connectivity index is 1.39. The molecular formula is C18H25ClN4O2. The van der Waals surface area contributed by atoms with Gasteiger partial charge < -0.3 is 20.9 Å². The van der Waals surface area contributed by atoms with E-state index in [0.29, 0.717) is 13.1 Å². The summed E-state index contributed by atoms with van der Waals surface area (Å²) in [6.45, 7) is 2.59. The van der Waals surface area contributed by atoms with Crippen molar-refractivity contribution in [2.45, 2.75) is 31.7 Å². The smallest absolute Gasteiger partial charge is 0.315 e. The van der Waals surface area contributed by atoms with Crippen LogP contribution in [0.3, 0.4) is 0 Å². The van der Waals surface area contributed by atoms with Gasteiger partial charge in [0, 0.05) is 38.1 Å². The second-order valence-corrected chi connectivity index (χ2v) is 7.11. The highest BCUT2D eigenvalue weighted by Gasteiger charge is 2.29. The zero-order valence-corrected chi connectivity index (χ0v) is 15.0. The van der Waals surface area contributed by atoms with E-state index >= 15 is 0 Å². The number of carbonyl (C=O) groups is 2. The van der Waals surface area contributed by atoms with Crippen LogP contribution in [0.1, 0.15) is 25.7 Å². The van der Waals surface area contributed by atoms with Gasteiger partial charge in [0.2, 0.25) is 5.91 Å². The molecule has 1 aliphatic heterocycles. The summed E-state index contributed by atoms with van der Waals surface area (Å²) in [6.07, 6.45) is 3.94. The van der Waals surface area contributed by atoms with E-state index in [0.717, 1.165) is 49.5 Å². The predicted octanol–water partition coefficient (Wildman–Crippen LogP) is 2.13. The van der Waals surface area contributed by atoms with Gasteiger partial charge in [0.25, 0.3) is 0 Å². The minimum absolute atomic E-state index is 0.0890. The first-order chi connectivity index (χ1) is 12.1. The average molecular weight is 365 g/mol. The summed E-state index contributed by atoms with van der Waals surface area (Å²) in [5.41, 5.74) is 1.01. The van der Waals surface area contributed by atoms with Gasteiger partial charge >= 0.3 is 6.03 Å². The standard InChI is InChI=1S/C18H25ClN4O2/c19-15-5-1-2-6-16(15)23-11-3-4-14(12-23)22-18(25)21-10-9-20-17(24)13-7-8-13/h1-2,5-6,13-14H,3-4,7-12H2,(H,20,24)(H2,21,22,25). The molecule has 6 nitrogen and oxygen atoms in total. The van der Waals surface area contributed by atoms with E-state index in [1.54, 1.807) is 0 Å². The van der Waals surface area contributed by atoms with Crippen molar-refractivity contribution in [3.8, 4) is 0 Å². The number of hydrogen-bond acceptors (Lipinski definition) is 3. The number of rotatable bonds is 6. The fraction of sp³-hybridized carbons (Fsp3) is 0.556. The monoisotopic (exact) mass is 364 g/mol. The van der Waals surface area contributed by atoms with E-state index in [-0.39, 0.29) is 23.9 Å². The van der Waals surface area contributed by atoms with Gasteiger partial charge in [-0.3, -0.25) is 4.79 Å². The molecule has 0 spiro atoms. The van der Waals surface area contributed by atoms with Crippen LogP contribution in [0.25, 0.3) is 0 Å². The van der Waals surface area contributed by atoms with Crippen LogP contribution in [0.5, 0.6) is 0 Å². The van der Waals surface area contributed by atoms with Crippen LogP contribution >= 0.6 is 11.6 Å². The molecular weight excluding hydrogens is 340 g/mol. The molecule has 0 aromatic heterocycles. The lowest BCUT2D eigenvalue weighted by Gasteiger charge is -2.35. The number of benzene rings is 1. The first-order valence-electron chi connectivity index (χ1n) is 8.95. The maximum atomic E-state index is 12.0. The summed E-state index contributed by atoms with van der Waals surface area (Å²) in [4.78, 5) is 25.8. The van der Waals surface area contributed by atoms with Gasteiger partial charge in [-0.1, -0.05) is 23.7 Å². The van der Waals surface area contributed by atoms with Crippen molar-refractivity contribution in [2.24, 2.45) is 5.92 Å². The number of carbonyl (C=O) groups excluding carboxylic acids is 2. The topological polar surface area (TPSA) is 73.5 Å². The van der Waals surface area contributed by atoms with Crippen LogP contribution in [-0.2, 0) is 4.79 Å². The van der Waals surface area contributed by atoms with Gasteiger partial charge in [0.15, 0.2) is 0 Å². The van der Waals surface area contributed by atoms with E-state index in [1.807, 2.05) is 24.3 Å². The number of nitrogens with zero attached hydrogens (tertiary/aromatic N) is 1. The van der Waals surface area contributed by atoms with Crippen molar-refractivity contribution in [3.63, 3.8) is 0 Å². The van der Waals surface area contributed by atoms with Crippen LogP contribution in [0.15, 0.2) is 24.3 Å². The highest BCUT2D eigenvalue weighted by atomic mass is 35.5. The van der Waals surface area contributed by atoms with Crippen molar-refractivity contribution in [3.05, 3.63) is 29.3 Å².